The molecule has 0 spiro atoms. The second-order valence-corrected chi connectivity index (χ2v) is 5.65. The number of halogens is 1. The van der Waals surface area contributed by atoms with Gasteiger partial charge in [-0.2, -0.15) is 0 Å². The first-order valence-corrected chi connectivity index (χ1v) is 8.14. The second-order valence-electron chi connectivity index (χ2n) is 5.65. The maximum absolute atomic E-state index is 13.3. The monoisotopic (exact) mass is 382 g/mol. The lowest BCUT2D eigenvalue weighted by Gasteiger charge is -2.13. The third-order valence-electron chi connectivity index (χ3n) is 3.82. The fraction of sp³-hybridized carbons (Fsp3) is 0.0500. The maximum Gasteiger partial charge on any atom is 0.269 e. The molecule has 0 saturated heterocycles. The third kappa shape index (κ3) is 4.24. The Morgan fingerprint density at radius 1 is 1.04 bits per heavy atom. The summed E-state index contributed by atoms with van der Waals surface area (Å²) >= 11 is 0. The van der Waals surface area contributed by atoms with Crippen LogP contribution in [0.3, 0.4) is 0 Å². The Morgan fingerprint density at radius 2 is 1.75 bits per heavy atom. The number of nitrogens with zero attached hydrogens (tertiary/aromatic N) is 1. The Balaban J connectivity index is 1.83. The number of hydrogen-bond donors (Lipinski definition) is 1. The van der Waals surface area contributed by atoms with Crippen LogP contribution in [0.15, 0.2) is 66.7 Å². The fourth-order valence-electron chi connectivity index (χ4n) is 2.46. The molecule has 0 heterocycles. The minimum absolute atomic E-state index is 0.0678. The van der Waals surface area contributed by atoms with Gasteiger partial charge < -0.3 is 14.8 Å². The van der Waals surface area contributed by atoms with E-state index < -0.39 is 16.6 Å². The second kappa shape index (κ2) is 8.17. The number of nitro groups is 1. The van der Waals surface area contributed by atoms with Gasteiger partial charge in [0.2, 0.25) is 0 Å². The van der Waals surface area contributed by atoms with Crippen molar-refractivity contribution in [3.63, 3.8) is 0 Å². The summed E-state index contributed by atoms with van der Waals surface area (Å²) in [5.74, 6) is -0.193. The van der Waals surface area contributed by atoms with Crippen LogP contribution in [-0.2, 0) is 0 Å². The lowest BCUT2D eigenvalue weighted by Crippen LogP contribution is -2.13. The van der Waals surface area contributed by atoms with Gasteiger partial charge in [0.05, 0.1) is 23.3 Å². The molecular weight excluding hydrogens is 367 g/mol. The molecule has 0 saturated carbocycles. The number of non-ortho nitro benzene ring substituents is 1. The number of benzene rings is 3. The van der Waals surface area contributed by atoms with Crippen molar-refractivity contribution >= 4 is 17.3 Å². The smallest absolute Gasteiger partial charge is 0.269 e. The molecule has 3 rings (SSSR count). The Hall–Kier alpha value is -3.94. The Kier molecular flexibility index (Phi) is 5.50. The van der Waals surface area contributed by atoms with Gasteiger partial charge in [-0.15, -0.1) is 0 Å². The molecule has 142 valence electrons. The highest BCUT2D eigenvalue weighted by Crippen LogP contribution is 2.29. The quantitative estimate of drug-likeness (QED) is 0.489. The van der Waals surface area contributed by atoms with Crippen LogP contribution in [0.4, 0.5) is 15.8 Å². The summed E-state index contributed by atoms with van der Waals surface area (Å²) in [6.45, 7) is 0. The number of carbonyl (C=O) groups excluding carboxylic acids is 1. The molecule has 7 nitrogen and oxygen atoms in total. The van der Waals surface area contributed by atoms with Crippen LogP contribution in [-0.4, -0.2) is 17.9 Å². The van der Waals surface area contributed by atoms with Gasteiger partial charge in [0.15, 0.2) is 0 Å². The highest BCUT2D eigenvalue weighted by Gasteiger charge is 2.16. The SMILES string of the molecule is COc1cc(F)ccc1NC(=O)c1ccccc1Oc1ccc([N+](=O)[O-])cc1. The van der Waals surface area contributed by atoms with Crippen molar-refractivity contribution in [2.24, 2.45) is 0 Å². The molecule has 0 aliphatic rings. The zero-order valence-corrected chi connectivity index (χ0v) is 14.7. The van der Waals surface area contributed by atoms with Gasteiger partial charge in [-0.05, 0) is 36.4 Å². The van der Waals surface area contributed by atoms with Gasteiger partial charge in [0.1, 0.15) is 23.1 Å². The summed E-state index contributed by atoms with van der Waals surface area (Å²) in [5.41, 5.74) is 0.466. The number of nitrogens with one attached hydrogen (secondary N) is 1. The summed E-state index contributed by atoms with van der Waals surface area (Å²) in [4.78, 5) is 22.9. The van der Waals surface area contributed by atoms with Crippen LogP contribution in [0.1, 0.15) is 10.4 Å². The van der Waals surface area contributed by atoms with E-state index in [0.717, 1.165) is 6.07 Å². The van der Waals surface area contributed by atoms with Crippen molar-refractivity contribution in [2.75, 3.05) is 12.4 Å². The molecule has 0 fully saturated rings. The Bertz CT molecular complexity index is 1020. The first-order valence-electron chi connectivity index (χ1n) is 8.14. The van der Waals surface area contributed by atoms with Crippen LogP contribution in [0.5, 0.6) is 17.2 Å². The molecular formula is C20H15FN2O5. The highest BCUT2D eigenvalue weighted by molar-refractivity contribution is 6.06. The molecule has 0 aromatic heterocycles. The Labute approximate surface area is 159 Å². The van der Waals surface area contributed by atoms with Crippen molar-refractivity contribution < 1.29 is 23.6 Å². The summed E-state index contributed by atoms with van der Waals surface area (Å²) in [6.07, 6.45) is 0. The molecule has 0 aliphatic heterocycles. The number of amides is 1. The van der Waals surface area contributed by atoms with Gasteiger partial charge >= 0.3 is 0 Å². The van der Waals surface area contributed by atoms with Gasteiger partial charge in [-0.3, -0.25) is 14.9 Å². The van der Waals surface area contributed by atoms with Crippen LogP contribution < -0.4 is 14.8 Å². The number of nitro benzene ring substituents is 1. The topological polar surface area (TPSA) is 90.7 Å². The molecule has 8 heteroatoms. The zero-order chi connectivity index (χ0) is 20.1. The summed E-state index contributed by atoms with van der Waals surface area (Å²) in [7, 11) is 1.37. The first-order chi connectivity index (χ1) is 13.5. The summed E-state index contributed by atoms with van der Waals surface area (Å²) in [5, 5.41) is 13.4. The predicted molar refractivity (Wildman–Crippen MR) is 101 cm³/mol. The maximum atomic E-state index is 13.3. The van der Waals surface area contributed by atoms with Gasteiger partial charge in [-0.1, -0.05) is 12.1 Å². The van der Waals surface area contributed by atoms with E-state index in [1.165, 1.54) is 43.5 Å². The van der Waals surface area contributed by atoms with Crippen LogP contribution in [0, 0.1) is 15.9 Å². The number of carbonyl (C=O) groups is 1. The lowest BCUT2D eigenvalue weighted by molar-refractivity contribution is -0.384. The lowest BCUT2D eigenvalue weighted by atomic mass is 10.1. The number of anilines is 1. The van der Waals surface area contributed by atoms with Crippen molar-refractivity contribution in [1.29, 1.82) is 0 Å². The molecule has 3 aromatic rings. The number of hydrogen-bond acceptors (Lipinski definition) is 5. The fourth-order valence-corrected chi connectivity index (χ4v) is 2.46. The Morgan fingerprint density at radius 3 is 2.43 bits per heavy atom. The van der Waals surface area contributed by atoms with Gasteiger partial charge in [0.25, 0.3) is 11.6 Å². The normalized spacial score (nSPS) is 10.2. The average molecular weight is 382 g/mol. The molecule has 0 radical (unpaired) electrons. The molecule has 0 atom stereocenters. The standard InChI is InChI=1S/C20H15FN2O5/c1-27-19-12-13(21)6-11-17(19)22-20(24)16-4-2-3-5-18(16)28-15-9-7-14(8-10-15)23(25)26/h2-12H,1H3,(H,22,24). The van der Waals surface area contributed by atoms with E-state index in [9.17, 15) is 19.3 Å². The van der Waals surface area contributed by atoms with Crippen molar-refractivity contribution in [3.8, 4) is 17.2 Å². The number of para-hydroxylation sites is 1. The summed E-state index contributed by atoms with van der Waals surface area (Å²) < 4.78 is 24.1. The van der Waals surface area contributed by atoms with E-state index in [0.29, 0.717) is 11.4 Å². The molecule has 3 aromatic carbocycles. The van der Waals surface area contributed by atoms with E-state index in [4.69, 9.17) is 9.47 Å². The molecule has 0 unspecified atom stereocenters. The molecule has 1 N–H and O–H groups in total. The van der Waals surface area contributed by atoms with E-state index in [-0.39, 0.29) is 22.7 Å². The molecule has 0 bridgehead atoms. The van der Waals surface area contributed by atoms with Crippen molar-refractivity contribution in [2.45, 2.75) is 0 Å². The highest BCUT2D eigenvalue weighted by atomic mass is 19.1. The number of ether oxygens (including phenoxy) is 2. The minimum atomic E-state index is -0.513. The molecule has 1 amide bonds. The van der Waals surface area contributed by atoms with Gasteiger partial charge in [0, 0.05) is 18.2 Å². The molecule has 0 aliphatic carbocycles. The van der Waals surface area contributed by atoms with E-state index in [1.54, 1.807) is 24.3 Å². The van der Waals surface area contributed by atoms with Crippen molar-refractivity contribution in [1.82, 2.24) is 0 Å². The van der Waals surface area contributed by atoms with E-state index in [1.807, 2.05) is 0 Å². The van der Waals surface area contributed by atoms with Crippen LogP contribution >= 0.6 is 0 Å². The number of rotatable bonds is 6. The molecule has 28 heavy (non-hydrogen) atoms. The average Bonchev–Trinajstić information content (AvgIpc) is 2.70. The van der Waals surface area contributed by atoms with Crippen LogP contribution in [0.2, 0.25) is 0 Å². The van der Waals surface area contributed by atoms with E-state index >= 15 is 0 Å². The first kappa shape index (κ1) is 18.8. The third-order valence-corrected chi connectivity index (χ3v) is 3.82. The van der Waals surface area contributed by atoms with Crippen molar-refractivity contribution in [3.05, 3.63) is 88.2 Å². The minimum Gasteiger partial charge on any atom is -0.494 e. The summed E-state index contributed by atoms with van der Waals surface area (Å²) in [6, 6.07) is 15.8. The largest absolute Gasteiger partial charge is 0.494 e. The predicted octanol–water partition coefficient (Wildman–Crippen LogP) is 4.79. The van der Waals surface area contributed by atoms with E-state index in [2.05, 4.69) is 5.32 Å². The van der Waals surface area contributed by atoms with Crippen LogP contribution in [0.25, 0.3) is 0 Å². The van der Waals surface area contributed by atoms with Gasteiger partial charge in [-0.25, -0.2) is 4.39 Å². The zero-order valence-electron chi connectivity index (χ0n) is 14.7. The number of methoxy groups -OCH3 is 1.